The van der Waals surface area contributed by atoms with Crippen LogP contribution in [-0.4, -0.2) is 23.7 Å². The predicted molar refractivity (Wildman–Crippen MR) is 87.3 cm³/mol. The Balaban J connectivity index is 1.65. The molecule has 3 N–H and O–H groups in total. The molecule has 120 valence electrons. The van der Waals surface area contributed by atoms with Gasteiger partial charge < -0.3 is 20.2 Å². The fourth-order valence-corrected chi connectivity index (χ4v) is 3.14. The van der Waals surface area contributed by atoms with Crippen molar-refractivity contribution in [2.24, 2.45) is 0 Å². The van der Waals surface area contributed by atoms with Gasteiger partial charge in [-0.2, -0.15) is 0 Å². The summed E-state index contributed by atoms with van der Waals surface area (Å²) in [4.78, 5) is 12.9. The second kappa shape index (κ2) is 8.22. The maximum absolute atomic E-state index is 11.8. The molecule has 2 heterocycles. The van der Waals surface area contributed by atoms with Gasteiger partial charge in [0.05, 0.1) is 10.6 Å². The van der Waals surface area contributed by atoms with Crippen molar-refractivity contribution in [1.29, 1.82) is 0 Å². The summed E-state index contributed by atoms with van der Waals surface area (Å²) in [7, 11) is 0. The van der Waals surface area contributed by atoms with Crippen molar-refractivity contribution in [3.8, 4) is 0 Å². The number of furan rings is 1. The number of amides is 2. The van der Waals surface area contributed by atoms with Gasteiger partial charge in [0.15, 0.2) is 0 Å². The minimum Gasteiger partial charge on any atom is -0.467 e. The Labute approximate surface area is 138 Å². The monoisotopic (exact) mass is 342 g/mol. The molecule has 2 aromatic rings. The average Bonchev–Trinajstić information content (AvgIpc) is 3.10. The van der Waals surface area contributed by atoms with Gasteiger partial charge in [-0.1, -0.05) is 11.6 Å². The van der Waals surface area contributed by atoms with E-state index < -0.39 is 6.10 Å². The predicted octanol–water partition coefficient (Wildman–Crippen LogP) is 3.35. The van der Waals surface area contributed by atoms with Gasteiger partial charge in [0.25, 0.3) is 0 Å². The number of aliphatic hydroxyl groups is 1. The highest BCUT2D eigenvalue weighted by molar-refractivity contribution is 7.16. The van der Waals surface area contributed by atoms with Crippen LogP contribution >= 0.6 is 22.9 Å². The Bertz CT molecular complexity index is 585. The minimum atomic E-state index is -0.724. The lowest BCUT2D eigenvalue weighted by atomic mass is 10.1. The molecule has 0 saturated carbocycles. The van der Waals surface area contributed by atoms with E-state index >= 15 is 0 Å². The number of carbonyl (C=O) groups is 1. The Morgan fingerprint density at radius 3 is 2.91 bits per heavy atom. The van der Waals surface area contributed by atoms with Gasteiger partial charge in [0, 0.05) is 23.9 Å². The van der Waals surface area contributed by atoms with E-state index in [4.69, 9.17) is 16.0 Å². The molecule has 2 amide bonds. The molecule has 2 unspecified atom stereocenters. The summed E-state index contributed by atoms with van der Waals surface area (Å²) in [5.74, 6) is 0.503. The molecule has 2 atom stereocenters. The summed E-state index contributed by atoms with van der Waals surface area (Å²) >= 11 is 7.36. The molecule has 0 aliphatic carbocycles. The Morgan fingerprint density at radius 2 is 2.27 bits per heavy atom. The van der Waals surface area contributed by atoms with Crippen LogP contribution in [0, 0.1) is 0 Å². The summed E-state index contributed by atoms with van der Waals surface area (Å²) < 4.78 is 5.88. The number of urea groups is 1. The normalized spacial score (nSPS) is 13.6. The highest BCUT2D eigenvalue weighted by atomic mass is 35.5. The second-order valence-corrected chi connectivity index (χ2v) is 6.82. The van der Waals surface area contributed by atoms with Crippen LogP contribution in [0.3, 0.4) is 0 Å². The van der Waals surface area contributed by atoms with Crippen LogP contribution in [0.5, 0.6) is 0 Å². The fourth-order valence-electron chi connectivity index (χ4n) is 2.05. The topological polar surface area (TPSA) is 74.5 Å². The van der Waals surface area contributed by atoms with Crippen molar-refractivity contribution in [2.75, 3.05) is 6.54 Å². The molecule has 7 heteroatoms. The summed E-state index contributed by atoms with van der Waals surface area (Å²) in [6.45, 7) is 2.38. The summed E-state index contributed by atoms with van der Waals surface area (Å²) in [5.41, 5.74) is 0. The van der Waals surface area contributed by atoms with Crippen molar-refractivity contribution in [2.45, 2.75) is 31.9 Å². The first-order chi connectivity index (χ1) is 10.5. The van der Waals surface area contributed by atoms with Gasteiger partial charge in [0.1, 0.15) is 11.9 Å². The molecule has 0 radical (unpaired) electrons. The third kappa shape index (κ3) is 5.36. The van der Waals surface area contributed by atoms with Crippen molar-refractivity contribution in [3.05, 3.63) is 45.5 Å². The molecule has 5 nitrogen and oxygen atoms in total. The zero-order chi connectivity index (χ0) is 15.9. The molecular weight excluding hydrogens is 324 g/mol. The maximum atomic E-state index is 11.8. The number of aliphatic hydroxyl groups excluding tert-OH is 1. The van der Waals surface area contributed by atoms with Gasteiger partial charge in [-0.3, -0.25) is 0 Å². The first-order valence-electron chi connectivity index (χ1n) is 7.04. The minimum absolute atomic E-state index is 0.170. The molecule has 0 spiro atoms. The molecule has 0 saturated heterocycles. The zero-order valence-corrected chi connectivity index (χ0v) is 13.8. The lowest BCUT2D eigenvalue weighted by Gasteiger charge is -2.17. The molecule has 0 aliphatic heterocycles. The number of thiophene rings is 1. The van der Waals surface area contributed by atoms with E-state index in [1.165, 1.54) is 17.6 Å². The Kier molecular flexibility index (Phi) is 6.30. The van der Waals surface area contributed by atoms with Crippen LogP contribution in [-0.2, 0) is 6.42 Å². The highest BCUT2D eigenvalue weighted by Gasteiger charge is 2.16. The summed E-state index contributed by atoms with van der Waals surface area (Å²) in [5, 5.41) is 15.5. The van der Waals surface area contributed by atoms with E-state index in [-0.39, 0.29) is 12.1 Å². The molecule has 0 bridgehead atoms. The largest absolute Gasteiger partial charge is 0.467 e. The highest BCUT2D eigenvalue weighted by Crippen LogP contribution is 2.21. The molecule has 0 aliphatic rings. The van der Waals surface area contributed by atoms with Crippen molar-refractivity contribution >= 4 is 29.0 Å². The van der Waals surface area contributed by atoms with Crippen molar-refractivity contribution < 1.29 is 14.3 Å². The second-order valence-electron chi connectivity index (χ2n) is 5.02. The number of carbonyl (C=O) groups excluding carboxylic acids is 1. The van der Waals surface area contributed by atoms with Crippen LogP contribution in [0.1, 0.15) is 30.1 Å². The lowest BCUT2D eigenvalue weighted by molar-refractivity contribution is 0.129. The maximum Gasteiger partial charge on any atom is 0.315 e. The molecular formula is C15H19ClN2O3S. The average molecular weight is 343 g/mol. The van der Waals surface area contributed by atoms with Crippen molar-refractivity contribution in [1.82, 2.24) is 10.6 Å². The standard InChI is InChI=1S/C15H19ClN2O3S/c1-10(9-12(19)13-3-2-8-21-13)18-15(20)17-7-6-11-4-5-14(16)22-11/h2-5,8,10,12,19H,6-7,9H2,1H3,(H2,17,18,20). The van der Waals surface area contributed by atoms with E-state index in [0.717, 1.165) is 15.6 Å². The van der Waals surface area contributed by atoms with Crippen LogP contribution < -0.4 is 10.6 Å². The Morgan fingerprint density at radius 1 is 1.45 bits per heavy atom. The molecule has 22 heavy (non-hydrogen) atoms. The third-order valence-electron chi connectivity index (χ3n) is 3.11. The first kappa shape index (κ1) is 16.9. The van der Waals surface area contributed by atoms with Gasteiger partial charge in [-0.05, 0) is 37.6 Å². The van der Waals surface area contributed by atoms with E-state index in [1.54, 1.807) is 12.1 Å². The van der Waals surface area contributed by atoms with E-state index in [1.807, 2.05) is 19.1 Å². The van der Waals surface area contributed by atoms with Crippen LogP contribution in [0.2, 0.25) is 4.34 Å². The lowest BCUT2D eigenvalue weighted by Crippen LogP contribution is -2.42. The fraction of sp³-hybridized carbons (Fsp3) is 0.400. The van der Waals surface area contributed by atoms with Crippen LogP contribution in [0.25, 0.3) is 0 Å². The number of hydrogen-bond acceptors (Lipinski definition) is 4. The number of rotatable bonds is 7. The number of halogens is 1. The van der Waals surface area contributed by atoms with Gasteiger partial charge in [0.2, 0.25) is 0 Å². The summed E-state index contributed by atoms with van der Waals surface area (Å²) in [6, 6.07) is 6.82. The first-order valence-corrected chi connectivity index (χ1v) is 8.24. The van der Waals surface area contributed by atoms with E-state index in [2.05, 4.69) is 10.6 Å². The van der Waals surface area contributed by atoms with E-state index in [0.29, 0.717) is 18.7 Å². The number of nitrogens with one attached hydrogen (secondary N) is 2. The molecule has 0 aromatic carbocycles. The summed E-state index contributed by atoms with van der Waals surface area (Å²) in [6.07, 6.45) is 1.93. The van der Waals surface area contributed by atoms with Crippen molar-refractivity contribution in [3.63, 3.8) is 0 Å². The molecule has 2 aromatic heterocycles. The third-order valence-corrected chi connectivity index (χ3v) is 4.40. The van der Waals surface area contributed by atoms with Gasteiger partial charge in [-0.25, -0.2) is 4.79 Å². The quantitative estimate of drug-likeness (QED) is 0.722. The zero-order valence-electron chi connectivity index (χ0n) is 12.2. The van der Waals surface area contributed by atoms with E-state index in [9.17, 15) is 9.90 Å². The van der Waals surface area contributed by atoms with Gasteiger partial charge in [-0.15, -0.1) is 11.3 Å². The number of hydrogen-bond donors (Lipinski definition) is 3. The van der Waals surface area contributed by atoms with Gasteiger partial charge >= 0.3 is 6.03 Å². The van der Waals surface area contributed by atoms with Crippen LogP contribution in [0.4, 0.5) is 4.79 Å². The molecule has 2 rings (SSSR count). The van der Waals surface area contributed by atoms with Crippen LogP contribution in [0.15, 0.2) is 34.9 Å². The molecule has 0 fully saturated rings. The SMILES string of the molecule is CC(CC(O)c1ccco1)NC(=O)NCCc1ccc(Cl)s1. The smallest absolute Gasteiger partial charge is 0.315 e. The Hall–Kier alpha value is -1.50.